The van der Waals surface area contributed by atoms with Crippen LogP contribution in [0.2, 0.25) is 0 Å². The van der Waals surface area contributed by atoms with Gasteiger partial charge in [0.1, 0.15) is 6.54 Å². The second-order valence-electron chi connectivity index (χ2n) is 6.64. The van der Waals surface area contributed by atoms with Crippen LogP contribution in [0.15, 0.2) is 47.6 Å². The summed E-state index contributed by atoms with van der Waals surface area (Å²) >= 11 is 1.40. The SMILES string of the molecule is COC(=O)Cn1c(=NC(=O)c2c[nH]c3ccccc23)sc2c(C)cc(C)cc21. The number of H-pyrrole nitrogens is 1. The number of carbonyl (C=O) groups is 2. The number of aromatic nitrogens is 2. The van der Waals surface area contributed by atoms with Gasteiger partial charge >= 0.3 is 5.97 Å². The number of hydrogen-bond donors (Lipinski definition) is 1. The number of methoxy groups -OCH3 is 1. The molecular weight excluding hydrogens is 374 g/mol. The normalized spacial score (nSPS) is 12.0. The molecule has 0 unspecified atom stereocenters. The van der Waals surface area contributed by atoms with Gasteiger partial charge in [-0.1, -0.05) is 35.6 Å². The molecule has 2 aromatic heterocycles. The fourth-order valence-corrected chi connectivity index (χ4v) is 4.42. The average Bonchev–Trinajstić information content (AvgIpc) is 3.24. The number of amides is 1. The minimum absolute atomic E-state index is 0.000604. The molecule has 0 atom stereocenters. The minimum Gasteiger partial charge on any atom is -0.468 e. The molecule has 0 aliphatic rings. The van der Waals surface area contributed by atoms with Crippen LogP contribution in [0, 0.1) is 13.8 Å². The van der Waals surface area contributed by atoms with E-state index >= 15 is 0 Å². The van der Waals surface area contributed by atoms with Crippen LogP contribution in [0.5, 0.6) is 0 Å². The van der Waals surface area contributed by atoms with E-state index < -0.39 is 0 Å². The Balaban J connectivity index is 1.91. The maximum atomic E-state index is 12.9. The van der Waals surface area contributed by atoms with Gasteiger partial charge in [0.05, 0.1) is 22.9 Å². The standard InChI is InChI=1S/C21H19N3O3S/c1-12-8-13(2)19-17(9-12)24(11-18(25)27-3)21(28-19)23-20(26)15-10-22-16-7-5-4-6-14(15)16/h4-10,22H,11H2,1-3H3. The topological polar surface area (TPSA) is 76.5 Å². The van der Waals surface area contributed by atoms with Gasteiger partial charge in [-0.2, -0.15) is 4.99 Å². The summed E-state index contributed by atoms with van der Waals surface area (Å²) in [6.45, 7) is 4.01. The molecule has 0 fully saturated rings. The summed E-state index contributed by atoms with van der Waals surface area (Å²) < 4.78 is 7.58. The van der Waals surface area contributed by atoms with E-state index in [1.807, 2.05) is 44.2 Å². The van der Waals surface area contributed by atoms with Crippen molar-refractivity contribution in [2.45, 2.75) is 20.4 Å². The van der Waals surface area contributed by atoms with Crippen LogP contribution in [-0.4, -0.2) is 28.5 Å². The number of aryl methyl sites for hydroxylation is 2. The number of ether oxygens (including phenoxy) is 1. The maximum Gasteiger partial charge on any atom is 0.325 e. The Morgan fingerprint density at radius 2 is 2.00 bits per heavy atom. The Morgan fingerprint density at radius 3 is 2.79 bits per heavy atom. The van der Waals surface area contributed by atoms with Crippen LogP contribution in [0.25, 0.3) is 21.1 Å². The lowest BCUT2D eigenvalue weighted by Crippen LogP contribution is -2.22. The molecular formula is C21H19N3O3S. The van der Waals surface area contributed by atoms with Crippen molar-refractivity contribution >= 4 is 44.3 Å². The van der Waals surface area contributed by atoms with E-state index in [1.165, 1.54) is 18.4 Å². The highest BCUT2D eigenvalue weighted by molar-refractivity contribution is 7.16. The van der Waals surface area contributed by atoms with Crippen molar-refractivity contribution in [3.05, 3.63) is 64.1 Å². The monoisotopic (exact) mass is 393 g/mol. The molecule has 0 spiro atoms. The highest BCUT2D eigenvalue weighted by atomic mass is 32.1. The van der Waals surface area contributed by atoms with Crippen LogP contribution in [0.1, 0.15) is 21.5 Å². The maximum absolute atomic E-state index is 12.9. The van der Waals surface area contributed by atoms with E-state index in [4.69, 9.17) is 4.74 Å². The molecule has 142 valence electrons. The van der Waals surface area contributed by atoms with Gasteiger partial charge in [-0.25, -0.2) is 0 Å². The quantitative estimate of drug-likeness (QED) is 0.539. The number of esters is 1. The summed E-state index contributed by atoms with van der Waals surface area (Å²) in [5, 5.41) is 0.823. The summed E-state index contributed by atoms with van der Waals surface area (Å²) in [4.78, 5) is 32.8. The van der Waals surface area contributed by atoms with Gasteiger partial charge in [0, 0.05) is 17.1 Å². The third-order valence-corrected chi connectivity index (χ3v) is 5.88. The molecule has 0 saturated heterocycles. The number of carbonyl (C=O) groups excluding carboxylic acids is 2. The third kappa shape index (κ3) is 3.14. The lowest BCUT2D eigenvalue weighted by molar-refractivity contribution is -0.141. The molecule has 4 rings (SSSR count). The van der Waals surface area contributed by atoms with E-state index in [0.717, 1.165) is 32.2 Å². The summed E-state index contributed by atoms with van der Waals surface area (Å²) in [7, 11) is 1.35. The predicted octanol–water partition coefficient (Wildman–Crippen LogP) is 3.72. The predicted molar refractivity (Wildman–Crippen MR) is 109 cm³/mol. The van der Waals surface area contributed by atoms with Crippen molar-refractivity contribution < 1.29 is 14.3 Å². The lowest BCUT2D eigenvalue weighted by atomic mass is 10.1. The van der Waals surface area contributed by atoms with E-state index in [1.54, 1.807) is 10.8 Å². The first-order valence-corrected chi connectivity index (χ1v) is 9.62. The first-order chi connectivity index (χ1) is 13.5. The van der Waals surface area contributed by atoms with E-state index in [-0.39, 0.29) is 18.4 Å². The van der Waals surface area contributed by atoms with Gasteiger partial charge < -0.3 is 14.3 Å². The van der Waals surface area contributed by atoms with Crippen molar-refractivity contribution in [3.63, 3.8) is 0 Å². The van der Waals surface area contributed by atoms with Gasteiger partial charge in [0.25, 0.3) is 5.91 Å². The number of hydrogen-bond acceptors (Lipinski definition) is 4. The average molecular weight is 393 g/mol. The molecule has 0 aliphatic heterocycles. The van der Waals surface area contributed by atoms with Crippen molar-refractivity contribution in [2.75, 3.05) is 7.11 Å². The number of fused-ring (bicyclic) bond motifs is 2. The molecule has 2 aromatic carbocycles. The van der Waals surface area contributed by atoms with Gasteiger partial charge in [-0.15, -0.1) is 0 Å². The van der Waals surface area contributed by atoms with Crippen LogP contribution in [-0.2, 0) is 16.1 Å². The largest absolute Gasteiger partial charge is 0.468 e. The summed E-state index contributed by atoms with van der Waals surface area (Å²) in [5.74, 6) is -0.739. The highest BCUT2D eigenvalue weighted by Crippen LogP contribution is 2.24. The lowest BCUT2D eigenvalue weighted by Gasteiger charge is -2.05. The summed E-state index contributed by atoms with van der Waals surface area (Å²) in [6.07, 6.45) is 1.67. The van der Waals surface area contributed by atoms with Crippen LogP contribution < -0.4 is 4.80 Å². The Morgan fingerprint density at radius 1 is 1.21 bits per heavy atom. The van der Waals surface area contributed by atoms with Crippen LogP contribution in [0.3, 0.4) is 0 Å². The zero-order chi connectivity index (χ0) is 19.8. The van der Waals surface area contributed by atoms with Gasteiger partial charge in [-0.3, -0.25) is 9.59 Å². The molecule has 0 bridgehead atoms. The van der Waals surface area contributed by atoms with Gasteiger partial charge in [0.2, 0.25) is 0 Å². The van der Waals surface area contributed by atoms with Crippen LogP contribution >= 0.6 is 11.3 Å². The first-order valence-electron chi connectivity index (χ1n) is 8.80. The van der Waals surface area contributed by atoms with Crippen molar-refractivity contribution in [2.24, 2.45) is 4.99 Å². The third-order valence-electron chi connectivity index (χ3n) is 4.65. The van der Waals surface area contributed by atoms with E-state index in [9.17, 15) is 9.59 Å². The molecule has 0 saturated carbocycles. The smallest absolute Gasteiger partial charge is 0.325 e. The molecule has 7 heteroatoms. The minimum atomic E-state index is -0.389. The van der Waals surface area contributed by atoms with Gasteiger partial charge in [-0.05, 0) is 37.1 Å². The number of rotatable bonds is 3. The molecule has 1 amide bonds. The Kier molecular flexibility index (Phi) is 4.60. The summed E-state index contributed by atoms with van der Waals surface area (Å²) in [6, 6.07) is 11.7. The van der Waals surface area contributed by atoms with Gasteiger partial charge in [0.15, 0.2) is 4.80 Å². The molecule has 1 N–H and O–H groups in total. The zero-order valence-corrected chi connectivity index (χ0v) is 16.6. The molecule has 0 aliphatic carbocycles. The Bertz CT molecular complexity index is 1290. The second-order valence-corrected chi connectivity index (χ2v) is 7.62. The van der Waals surface area contributed by atoms with E-state index in [0.29, 0.717) is 10.4 Å². The van der Waals surface area contributed by atoms with Crippen LogP contribution in [0.4, 0.5) is 0 Å². The number of aromatic amines is 1. The fraction of sp³-hybridized carbons (Fsp3) is 0.190. The Hall–Kier alpha value is -3.19. The van der Waals surface area contributed by atoms with Crippen molar-refractivity contribution in [1.82, 2.24) is 9.55 Å². The number of nitrogens with one attached hydrogen (secondary N) is 1. The summed E-state index contributed by atoms with van der Waals surface area (Å²) in [5.41, 5.74) is 4.42. The van der Waals surface area contributed by atoms with Crippen molar-refractivity contribution in [3.8, 4) is 0 Å². The van der Waals surface area contributed by atoms with Crippen molar-refractivity contribution in [1.29, 1.82) is 0 Å². The first kappa shape index (κ1) is 18.2. The molecule has 28 heavy (non-hydrogen) atoms. The number of para-hydroxylation sites is 1. The second kappa shape index (κ2) is 7.09. The fourth-order valence-electron chi connectivity index (χ4n) is 3.34. The zero-order valence-electron chi connectivity index (χ0n) is 15.8. The highest BCUT2D eigenvalue weighted by Gasteiger charge is 2.16. The number of nitrogens with zero attached hydrogens (tertiary/aromatic N) is 2. The Labute approximate surface area is 165 Å². The van der Waals surface area contributed by atoms with E-state index in [2.05, 4.69) is 16.0 Å². The molecule has 6 nitrogen and oxygen atoms in total. The molecule has 4 aromatic rings. The number of benzene rings is 2. The number of thiazole rings is 1. The molecule has 0 radical (unpaired) electrons. The molecule has 2 heterocycles.